The minimum Gasteiger partial charge on any atom is -0.503 e. The number of hydrazine groups is 1. The number of pyridine rings is 1. The van der Waals surface area contributed by atoms with Crippen molar-refractivity contribution in [1.29, 1.82) is 0 Å². The number of β-lactam (4-membered cyclic amide) rings is 1. The summed E-state index contributed by atoms with van der Waals surface area (Å²) in [4.78, 5) is 80.0. The molecule has 0 spiro atoms. The maximum Gasteiger partial charge on any atom is 0.353 e. The van der Waals surface area contributed by atoms with Gasteiger partial charge in [0, 0.05) is 17.6 Å². The van der Waals surface area contributed by atoms with E-state index >= 15 is 0 Å². The third kappa shape index (κ3) is 5.19. The summed E-state index contributed by atoms with van der Waals surface area (Å²) in [7, 11) is -4.86. The van der Waals surface area contributed by atoms with Crippen molar-refractivity contribution in [2.45, 2.75) is 6.04 Å². The third-order valence-electron chi connectivity index (χ3n) is 5.43. The van der Waals surface area contributed by atoms with E-state index in [1.165, 1.54) is 10.1 Å². The maximum atomic E-state index is 12.6. The average Bonchev–Trinajstić information content (AvgIpc) is 3.48. The predicted octanol–water partition coefficient (Wildman–Crippen LogP) is -3.34. The number of carbonyl (C=O) groups excluding carboxylic acids is 5. The van der Waals surface area contributed by atoms with Crippen molar-refractivity contribution >= 4 is 62.2 Å². The first-order valence-electron chi connectivity index (χ1n) is 10.8. The first-order chi connectivity index (χ1) is 18.8. The Morgan fingerprint density at radius 1 is 1.23 bits per heavy atom. The van der Waals surface area contributed by atoms with Gasteiger partial charge in [0.2, 0.25) is 5.43 Å². The number of aromatic amines is 1. The lowest BCUT2D eigenvalue weighted by molar-refractivity contribution is -0.141. The molecule has 2 fully saturated rings. The highest BCUT2D eigenvalue weighted by Gasteiger charge is 2.45. The van der Waals surface area contributed by atoms with Crippen LogP contribution in [0.25, 0.3) is 0 Å². The summed E-state index contributed by atoms with van der Waals surface area (Å²) in [6.45, 7) is -1.34. The lowest BCUT2D eigenvalue weighted by Crippen LogP contribution is -2.68. The molecule has 1 unspecified atom stereocenters. The molecule has 1 atom stereocenters. The molecule has 0 bridgehead atoms. The Hall–Kier alpha value is -5.25. The van der Waals surface area contributed by atoms with Crippen LogP contribution < -0.4 is 26.6 Å². The normalized spacial score (nSPS) is 17.4. The number of hydrogen-bond acceptors (Lipinski definition) is 14. The van der Waals surface area contributed by atoms with Crippen LogP contribution in [-0.4, -0.2) is 104 Å². The van der Waals surface area contributed by atoms with Crippen molar-refractivity contribution in [2.24, 2.45) is 5.16 Å². The van der Waals surface area contributed by atoms with Crippen LogP contribution in [0.15, 0.2) is 27.6 Å². The number of rotatable bonds is 7. The van der Waals surface area contributed by atoms with E-state index in [0.717, 1.165) is 23.6 Å². The number of anilines is 1. The highest BCUT2D eigenvalue weighted by Crippen LogP contribution is 2.16. The standard InChI is InChI=1S/C18H18N10O10S2/c19-16-22-8(6-39-16)10(24-36)13(31)21-7-5-26(15(7)33)17(34)25-40(37,38)28-4-3-27(18(28)35)23-14(32)11-12(30)9(29)1-2-20-11/h1-2,6-7,30,36H,3-5H2,(H2,19,22)(H,20,29)(H,21,31)(H,23,32)(H,25,34). The number of nitrogens with zero attached hydrogens (tertiary/aromatic N) is 5. The first kappa shape index (κ1) is 27.8. The van der Waals surface area contributed by atoms with Crippen LogP contribution >= 0.6 is 11.3 Å². The first-order valence-corrected chi connectivity index (χ1v) is 13.1. The number of nitrogen functional groups attached to an aromatic ring is 1. The lowest BCUT2D eigenvalue weighted by Gasteiger charge is -2.36. The van der Waals surface area contributed by atoms with E-state index in [0.29, 0.717) is 9.91 Å². The van der Waals surface area contributed by atoms with Gasteiger partial charge in [0.05, 0.1) is 19.6 Å². The van der Waals surface area contributed by atoms with Crippen molar-refractivity contribution < 1.29 is 42.7 Å². The van der Waals surface area contributed by atoms with Crippen LogP contribution in [0.5, 0.6) is 5.75 Å². The molecule has 2 aromatic heterocycles. The largest absolute Gasteiger partial charge is 0.503 e. The van der Waals surface area contributed by atoms with Crippen molar-refractivity contribution in [2.75, 3.05) is 25.4 Å². The SMILES string of the molecule is Nc1nc(C(=NO)C(=O)NC2CN(C(=O)NS(=O)(=O)N3CCN(NC(=O)c4[nH]ccc(=O)c4O)C3=O)C2=O)cs1. The quantitative estimate of drug-likeness (QED) is 0.0712. The van der Waals surface area contributed by atoms with Crippen molar-refractivity contribution in [1.82, 2.24) is 39.6 Å². The molecule has 2 aromatic rings. The van der Waals surface area contributed by atoms with Gasteiger partial charge in [0.15, 0.2) is 22.3 Å². The summed E-state index contributed by atoms with van der Waals surface area (Å²) in [5.41, 5.74) is 5.42. The van der Waals surface area contributed by atoms with Gasteiger partial charge in [-0.05, 0) is 0 Å². The fraction of sp³-hybridized carbons (Fsp3) is 0.222. The Balaban J connectivity index is 1.32. The number of aromatic nitrogens is 2. The molecule has 7 amide bonds. The molecule has 2 aliphatic rings. The molecule has 212 valence electrons. The fourth-order valence-corrected chi connectivity index (χ4v) is 5.05. The molecular weight excluding hydrogens is 580 g/mol. The third-order valence-corrected chi connectivity index (χ3v) is 7.46. The second kappa shape index (κ2) is 10.5. The summed E-state index contributed by atoms with van der Waals surface area (Å²) in [6, 6.07) is -3.04. The number of thiazole rings is 1. The molecule has 8 N–H and O–H groups in total. The van der Waals surface area contributed by atoms with Crippen LogP contribution in [0.4, 0.5) is 14.7 Å². The zero-order valence-electron chi connectivity index (χ0n) is 19.7. The molecule has 0 aromatic carbocycles. The highest BCUT2D eigenvalue weighted by molar-refractivity contribution is 7.88. The van der Waals surface area contributed by atoms with Crippen LogP contribution in [0, 0.1) is 0 Å². The number of likely N-dealkylation sites (tertiary alicyclic amines) is 1. The number of aromatic hydroxyl groups is 1. The maximum absolute atomic E-state index is 12.6. The molecule has 4 rings (SSSR count). The Bertz CT molecular complexity index is 1620. The van der Waals surface area contributed by atoms with Gasteiger partial charge >= 0.3 is 22.3 Å². The van der Waals surface area contributed by atoms with Crippen molar-refractivity contribution in [3.05, 3.63) is 39.3 Å². The molecular formula is C18H18N10O10S2. The summed E-state index contributed by atoms with van der Waals surface area (Å²) in [6.07, 6.45) is 1.07. The van der Waals surface area contributed by atoms with Gasteiger partial charge in [0.1, 0.15) is 11.7 Å². The van der Waals surface area contributed by atoms with E-state index < -0.39 is 81.7 Å². The monoisotopic (exact) mass is 598 g/mol. The number of carbonyl (C=O) groups is 5. The number of amides is 7. The zero-order chi connectivity index (χ0) is 29.4. The van der Waals surface area contributed by atoms with Crippen LogP contribution in [0.2, 0.25) is 0 Å². The summed E-state index contributed by atoms with van der Waals surface area (Å²) in [5.74, 6) is -4.07. The van der Waals surface area contributed by atoms with Crippen molar-refractivity contribution in [3.8, 4) is 5.75 Å². The number of urea groups is 2. The molecule has 2 aliphatic heterocycles. The van der Waals surface area contributed by atoms with Gasteiger partial charge in [0.25, 0.3) is 17.7 Å². The Kier molecular flexibility index (Phi) is 7.28. The Morgan fingerprint density at radius 3 is 2.58 bits per heavy atom. The smallest absolute Gasteiger partial charge is 0.353 e. The number of nitrogens with one attached hydrogen (secondary N) is 4. The Labute approximate surface area is 226 Å². The second-order valence-corrected chi connectivity index (χ2v) is 10.4. The van der Waals surface area contributed by atoms with Crippen LogP contribution in [-0.2, 0) is 19.8 Å². The van der Waals surface area contributed by atoms with Crippen LogP contribution in [0.1, 0.15) is 16.2 Å². The Morgan fingerprint density at radius 2 is 1.95 bits per heavy atom. The van der Waals surface area contributed by atoms with E-state index in [9.17, 15) is 42.3 Å². The summed E-state index contributed by atoms with van der Waals surface area (Å²) in [5, 5.41) is 25.8. The molecule has 0 saturated carbocycles. The van der Waals surface area contributed by atoms with Crippen LogP contribution in [0.3, 0.4) is 0 Å². The predicted molar refractivity (Wildman–Crippen MR) is 131 cm³/mol. The fourth-order valence-electron chi connectivity index (χ4n) is 3.44. The summed E-state index contributed by atoms with van der Waals surface area (Å²) >= 11 is 0.963. The molecule has 22 heteroatoms. The molecule has 40 heavy (non-hydrogen) atoms. The van der Waals surface area contributed by atoms with E-state index in [2.05, 4.69) is 20.4 Å². The highest BCUT2D eigenvalue weighted by atomic mass is 32.2. The van der Waals surface area contributed by atoms with Gasteiger partial charge in [-0.25, -0.2) is 28.6 Å². The lowest BCUT2D eigenvalue weighted by atomic mass is 10.1. The van der Waals surface area contributed by atoms with E-state index in [4.69, 9.17) is 10.9 Å². The van der Waals surface area contributed by atoms with E-state index in [1.54, 1.807) is 0 Å². The van der Waals surface area contributed by atoms with E-state index in [1.807, 2.05) is 5.43 Å². The van der Waals surface area contributed by atoms with E-state index in [-0.39, 0.29) is 21.7 Å². The number of oxime groups is 1. The summed E-state index contributed by atoms with van der Waals surface area (Å²) < 4.78 is 27.0. The second-order valence-electron chi connectivity index (χ2n) is 7.92. The molecule has 2 saturated heterocycles. The molecule has 0 radical (unpaired) electrons. The van der Waals surface area contributed by atoms with Gasteiger partial charge in [-0.3, -0.25) is 29.5 Å². The minimum absolute atomic E-state index is 0.0654. The zero-order valence-corrected chi connectivity index (χ0v) is 21.4. The average molecular weight is 599 g/mol. The molecule has 4 heterocycles. The number of nitrogens with two attached hydrogens (primary N) is 1. The number of imide groups is 1. The van der Waals surface area contributed by atoms with Gasteiger partial charge in [-0.2, -0.15) is 8.42 Å². The topological polar surface area (TPSA) is 290 Å². The van der Waals surface area contributed by atoms with Gasteiger partial charge in [-0.1, -0.05) is 5.16 Å². The number of hydrogen-bond donors (Lipinski definition) is 7. The van der Waals surface area contributed by atoms with Crippen molar-refractivity contribution in [3.63, 3.8) is 0 Å². The molecule has 0 aliphatic carbocycles. The molecule has 20 nitrogen and oxygen atoms in total. The minimum atomic E-state index is -4.86. The number of H-pyrrole nitrogens is 1. The van der Waals surface area contributed by atoms with Gasteiger partial charge in [-0.15, -0.1) is 11.3 Å². The van der Waals surface area contributed by atoms with Gasteiger partial charge < -0.3 is 26.3 Å².